The molecule has 0 saturated carbocycles. The second-order valence-electron chi connectivity index (χ2n) is 8.44. The number of hydrogen-bond donors (Lipinski definition) is 3. The number of aromatic nitrogens is 1. The van der Waals surface area contributed by atoms with E-state index in [1.807, 2.05) is 13.8 Å². The summed E-state index contributed by atoms with van der Waals surface area (Å²) in [4.78, 5) is 27.9. The van der Waals surface area contributed by atoms with Gasteiger partial charge in [0.15, 0.2) is 0 Å². The van der Waals surface area contributed by atoms with Gasteiger partial charge in [0.1, 0.15) is 5.82 Å². The first-order chi connectivity index (χ1) is 13.2. The number of imide groups is 1. The third-order valence-corrected chi connectivity index (χ3v) is 6.26. The van der Waals surface area contributed by atoms with Crippen LogP contribution in [0.4, 0.5) is 4.39 Å². The first-order valence-electron chi connectivity index (χ1n) is 9.58. The summed E-state index contributed by atoms with van der Waals surface area (Å²) < 4.78 is 15.6. The van der Waals surface area contributed by atoms with Crippen LogP contribution in [-0.2, 0) is 15.2 Å². The Morgan fingerprint density at radius 3 is 2.79 bits per heavy atom. The SMILES string of the molecule is CC1(C)CNCC[C@@]1(O)c1ccc2ncc(C3CCC(=O)NC3=O)cc2c1F. The van der Waals surface area contributed by atoms with Crippen LogP contribution < -0.4 is 10.6 Å². The fraction of sp³-hybridized carbons (Fsp3) is 0.476. The molecule has 2 saturated heterocycles. The number of piperidine rings is 2. The molecule has 6 nitrogen and oxygen atoms in total. The molecule has 7 heteroatoms. The van der Waals surface area contributed by atoms with Crippen LogP contribution in [0.25, 0.3) is 10.9 Å². The Bertz CT molecular complexity index is 975. The molecule has 2 aliphatic rings. The number of rotatable bonds is 2. The summed E-state index contributed by atoms with van der Waals surface area (Å²) in [5.41, 5.74) is -0.554. The molecule has 1 aromatic heterocycles. The molecule has 1 aromatic carbocycles. The highest BCUT2D eigenvalue weighted by atomic mass is 19.1. The molecular formula is C21H24FN3O3. The van der Waals surface area contributed by atoms with E-state index < -0.39 is 22.8 Å². The van der Waals surface area contributed by atoms with Crippen molar-refractivity contribution in [1.29, 1.82) is 0 Å². The van der Waals surface area contributed by atoms with Crippen LogP contribution in [0.3, 0.4) is 0 Å². The summed E-state index contributed by atoms with van der Waals surface area (Å²) in [7, 11) is 0. The number of carbonyl (C=O) groups excluding carboxylic acids is 2. The van der Waals surface area contributed by atoms with Gasteiger partial charge in [-0.05, 0) is 37.1 Å². The van der Waals surface area contributed by atoms with E-state index in [4.69, 9.17) is 0 Å². The van der Waals surface area contributed by atoms with E-state index in [2.05, 4.69) is 15.6 Å². The Balaban J connectivity index is 1.80. The van der Waals surface area contributed by atoms with Crippen molar-refractivity contribution in [1.82, 2.24) is 15.6 Å². The van der Waals surface area contributed by atoms with E-state index in [0.29, 0.717) is 37.0 Å². The fourth-order valence-corrected chi connectivity index (χ4v) is 4.36. The highest BCUT2D eigenvalue weighted by Crippen LogP contribution is 2.45. The molecule has 2 amide bonds. The third-order valence-electron chi connectivity index (χ3n) is 6.26. The molecule has 2 fully saturated rings. The second-order valence-corrected chi connectivity index (χ2v) is 8.44. The molecule has 2 aromatic rings. The van der Waals surface area contributed by atoms with Crippen molar-refractivity contribution < 1.29 is 19.1 Å². The first-order valence-corrected chi connectivity index (χ1v) is 9.58. The molecule has 0 radical (unpaired) electrons. The number of benzene rings is 1. The number of amides is 2. The molecule has 2 aliphatic heterocycles. The number of carbonyl (C=O) groups is 2. The maximum atomic E-state index is 15.6. The molecule has 0 spiro atoms. The van der Waals surface area contributed by atoms with Gasteiger partial charge in [-0.2, -0.15) is 0 Å². The predicted octanol–water partition coefficient (Wildman–Crippen LogP) is 2.10. The van der Waals surface area contributed by atoms with Crippen LogP contribution in [0.15, 0.2) is 24.4 Å². The van der Waals surface area contributed by atoms with Gasteiger partial charge in [0, 0.05) is 35.5 Å². The van der Waals surface area contributed by atoms with E-state index >= 15 is 4.39 Å². The van der Waals surface area contributed by atoms with E-state index in [0.717, 1.165) is 0 Å². The van der Waals surface area contributed by atoms with E-state index in [1.54, 1.807) is 24.4 Å². The quantitative estimate of drug-likeness (QED) is 0.689. The van der Waals surface area contributed by atoms with Crippen LogP contribution >= 0.6 is 0 Å². The van der Waals surface area contributed by atoms with Crippen LogP contribution in [0, 0.1) is 11.2 Å². The summed E-state index contributed by atoms with van der Waals surface area (Å²) in [5, 5.41) is 17.3. The van der Waals surface area contributed by atoms with E-state index in [1.165, 1.54) is 0 Å². The van der Waals surface area contributed by atoms with Crippen LogP contribution in [0.2, 0.25) is 0 Å². The number of aliphatic hydroxyl groups is 1. The molecule has 1 unspecified atom stereocenters. The average Bonchev–Trinajstić information content (AvgIpc) is 2.64. The predicted molar refractivity (Wildman–Crippen MR) is 102 cm³/mol. The monoisotopic (exact) mass is 385 g/mol. The van der Waals surface area contributed by atoms with Gasteiger partial charge in [-0.25, -0.2) is 4.39 Å². The number of nitrogens with zero attached hydrogens (tertiary/aromatic N) is 1. The summed E-state index contributed by atoms with van der Waals surface area (Å²) in [5.74, 6) is -1.71. The minimum atomic E-state index is -1.30. The van der Waals surface area contributed by atoms with Gasteiger partial charge in [0.05, 0.1) is 17.0 Å². The molecule has 0 aliphatic carbocycles. The van der Waals surface area contributed by atoms with Crippen molar-refractivity contribution in [2.75, 3.05) is 13.1 Å². The number of hydrogen-bond acceptors (Lipinski definition) is 5. The fourth-order valence-electron chi connectivity index (χ4n) is 4.36. The van der Waals surface area contributed by atoms with Crippen molar-refractivity contribution in [3.05, 3.63) is 41.3 Å². The Morgan fingerprint density at radius 1 is 1.29 bits per heavy atom. The number of fused-ring (bicyclic) bond motifs is 1. The van der Waals surface area contributed by atoms with Crippen molar-refractivity contribution in [3.63, 3.8) is 0 Å². The van der Waals surface area contributed by atoms with Gasteiger partial charge in [-0.1, -0.05) is 19.9 Å². The normalized spacial score (nSPS) is 27.6. The highest BCUT2D eigenvalue weighted by molar-refractivity contribution is 6.01. The van der Waals surface area contributed by atoms with Gasteiger partial charge in [0.25, 0.3) is 0 Å². The topological polar surface area (TPSA) is 91.3 Å². The molecule has 148 valence electrons. The van der Waals surface area contributed by atoms with Crippen molar-refractivity contribution in [3.8, 4) is 0 Å². The lowest BCUT2D eigenvalue weighted by atomic mass is 9.67. The smallest absolute Gasteiger partial charge is 0.234 e. The zero-order chi connectivity index (χ0) is 20.1. The molecule has 3 heterocycles. The average molecular weight is 385 g/mol. The highest BCUT2D eigenvalue weighted by Gasteiger charge is 2.48. The lowest BCUT2D eigenvalue weighted by Gasteiger charge is -2.47. The first kappa shape index (κ1) is 19.0. The zero-order valence-corrected chi connectivity index (χ0v) is 16.0. The summed E-state index contributed by atoms with van der Waals surface area (Å²) in [6.07, 6.45) is 2.59. The van der Waals surface area contributed by atoms with Gasteiger partial charge in [-0.3, -0.25) is 19.9 Å². The minimum Gasteiger partial charge on any atom is -0.384 e. The Morgan fingerprint density at radius 2 is 2.07 bits per heavy atom. The second kappa shape index (κ2) is 6.60. The van der Waals surface area contributed by atoms with Crippen LogP contribution in [-0.4, -0.2) is 35.0 Å². The lowest BCUT2D eigenvalue weighted by molar-refractivity contribution is -0.134. The van der Waals surface area contributed by atoms with Crippen molar-refractivity contribution in [2.45, 2.75) is 44.6 Å². The molecule has 3 N–H and O–H groups in total. The maximum Gasteiger partial charge on any atom is 0.234 e. The third kappa shape index (κ3) is 2.89. The summed E-state index contributed by atoms with van der Waals surface area (Å²) in [6.45, 7) is 5.02. The van der Waals surface area contributed by atoms with Crippen LogP contribution in [0.5, 0.6) is 0 Å². The van der Waals surface area contributed by atoms with E-state index in [-0.39, 0.29) is 29.2 Å². The van der Waals surface area contributed by atoms with Gasteiger partial charge in [0.2, 0.25) is 11.8 Å². The number of nitrogens with one attached hydrogen (secondary N) is 2. The minimum absolute atomic E-state index is 0.248. The van der Waals surface area contributed by atoms with Crippen molar-refractivity contribution >= 4 is 22.7 Å². The molecule has 0 bridgehead atoms. The van der Waals surface area contributed by atoms with E-state index in [9.17, 15) is 14.7 Å². The number of pyridine rings is 1. The Hall–Kier alpha value is -2.38. The van der Waals surface area contributed by atoms with Crippen LogP contribution in [0.1, 0.15) is 50.2 Å². The molecule has 2 atom stereocenters. The Kier molecular flexibility index (Phi) is 4.47. The largest absolute Gasteiger partial charge is 0.384 e. The summed E-state index contributed by atoms with van der Waals surface area (Å²) >= 11 is 0. The van der Waals surface area contributed by atoms with Gasteiger partial charge in [-0.15, -0.1) is 0 Å². The standard InChI is InChI=1S/C21H24FN3O3/c1-20(2)11-23-8-7-21(20,28)15-4-5-16-14(18(15)22)9-12(10-24-16)13-3-6-17(26)25-19(13)27/h4-5,9-10,13,23,28H,3,6-8,11H2,1-2H3,(H,25,26,27)/t13?,21-/m1/s1. The van der Waals surface area contributed by atoms with Crippen molar-refractivity contribution in [2.24, 2.45) is 5.41 Å². The maximum absolute atomic E-state index is 15.6. The molecule has 4 rings (SSSR count). The molecule has 28 heavy (non-hydrogen) atoms. The molecular weight excluding hydrogens is 361 g/mol. The Labute approximate surface area is 162 Å². The summed E-state index contributed by atoms with van der Waals surface area (Å²) in [6, 6.07) is 4.94. The zero-order valence-electron chi connectivity index (χ0n) is 16.0. The van der Waals surface area contributed by atoms with Gasteiger partial charge >= 0.3 is 0 Å². The number of halogens is 1. The lowest BCUT2D eigenvalue weighted by Crippen LogP contribution is -2.54. The van der Waals surface area contributed by atoms with Gasteiger partial charge < -0.3 is 10.4 Å².